The molecule has 0 aromatic heterocycles. The van der Waals surface area contributed by atoms with Gasteiger partial charge in [0.15, 0.2) is 0 Å². The fourth-order valence-electron chi connectivity index (χ4n) is 2.35. The van der Waals surface area contributed by atoms with Crippen molar-refractivity contribution < 1.29 is 14.7 Å². The number of hydrogen-bond acceptors (Lipinski definition) is 2. The molecule has 0 radical (unpaired) electrons. The van der Waals surface area contributed by atoms with Crippen LogP contribution in [0, 0.1) is 5.92 Å². The van der Waals surface area contributed by atoms with Gasteiger partial charge in [0.05, 0.1) is 0 Å². The smallest absolute Gasteiger partial charge is 0.312 e. The molecule has 1 aliphatic heterocycles. The van der Waals surface area contributed by atoms with Gasteiger partial charge >= 0.3 is 5.97 Å². The highest BCUT2D eigenvalue weighted by atomic mass is 16.4. The number of carboxylic acid groups (broad SMARTS) is 1. The molecular formula is C12H21NO3. The third kappa shape index (κ3) is 4.21. The van der Waals surface area contributed by atoms with Crippen LogP contribution in [0.1, 0.15) is 45.4 Å². The molecule has 1 atom stereocenters. The van der Waals surface area contributed by atoms with Gasteiger partial charge in [-0.05, 0) is 25.2 Å². The fourth-order valence-corrected chi connectivity index (χ4v) is 2.35. The summed E-state index contributed by atoms with van der Waals surface area (Å²) in [5.74, 6) is -0.545. The molecule has 1 fully saturated rings. The van der Waals surface area contributed by atoms with E-state index in [9.17, 15) is 9.59 Å². The second-order valence-corrected chi connectivity index (χ2v) is 4.54. The van der Waals surface area contributed by atoms with Crippen LogP contribution < -0.4 is 0 Å². The molecule has 1 heterocycles. The topological polar surface area (TPSA) is 57.6 Å². The molecule has 0 spiro atoms. The highest BCUT2D eigenvalue weighted by molar-refractivity contribution is 5.93. The van der Waals surface area contributed by atoms with Crippen molar-refractivity contribution in [3.63, 3.8) is 0 Å². The number of carbonyl (C=O) groups excluding carboxylic acids is 1. The number of carboxylic acids is 1. The van der Waals surface area contributed by atoms with E-state index in [4.69, 9.17) is 5.11 Å². The van der Waals surface area contributed by atoms with Crippen molar-refractivity contribution in [3.05, 3.63) is 0 Å². The van der Waals surface area contributed by atoms with E-state index in [-0.39, 0.29) is 12.3 Å². The molecule has 0 aromatic rings. The first-order valence-corrected chi connectivity index (χ1v) is 6.13. The SMILES string of the molecule is CCCC1CCCN(C(=O)CC(=O)O)CC1. The molecule has 0 aliphatic carbocycles. The number of likely N-dealkylation sites (tertiary alicyclic amines) is 1. The quantitative estimate of drug-likeness (QED) is 0.746. The van der Waals surface area contributed by atoms with E-state index in [0.717, 1.165) is 25.9 Å². The van der Waals surface area contributed by atoms with Gasteiger partial charge in [0.2, 0.25) is 5.91 Å². The first-order chi connectivity index (χ1) is 7.63. The van der Waals surface area contributed by atoms with Crippen LogP contribution in [-0.2, 0) is 9.59 Å². The van der Waals surface area contributed by atoms with Crippen molar-refractivity contribution in [2.75, 3.05) is 13.1 Å². The number of hydrogen-bond donors (Lipinski definition) is 1. The Morgan fingerprint density at radius 2 is 2.06 bits per heavy atom. The minimum Gasteiger partial charge on any atom is -0.481 e. The largest absolute Gasteiger partial charge is 0.481 e. The Hall–Kier alpha value is -1.06. The minimum atomic E-state index is -1.03. The Labute approximate surface area is 96.6 Å². The zero-order valence-electron chi connectivity index (χ0n) is 9.95. The molecule has 1 aliphatic rings. The summed E-state index contributed by atoms with van der Waals surface area (Å²) in [6, 6.07) is 0. The summed E-state index contributed by atoms with van der Waals surface area (Å²) in [6.07, 6.45) is 5.26. The second-order valence-electron chi connectivity index (χ2n) is 4.54. The molecule has 1 N–H and O–H groups in total. The molecule has 0 bridgehead atoms. The Kier molecular flexibility index (Phi) is 5.29. The second kappa shape index (κ2) is 6.51. The summed E-state index contributed by atoms with van der Waals surface area (Å²) in [4.78, 5) is 23.7. The summed E-state index contributed by atoms with van der Waals surface area (Å²) in [7, 11) is 0. The van der Waals surface area contributed by atoms with Gasteiger partial charge in [-0.1, -0.05) is 19.8 Å². The third-order valence-corrected chi connectivity index (χ3v) is 3.20. The average molecular weight is 227 g/mol. The molecule has 1 unspecified atom stereocenters. The molecule has 1 rings (SSSR count). The first kappa shape index (κ1) is 13.0. The summed E-state index contributed by atoms with van der Waals surface area (Å²) < 4.78 is 0. The molecule has 16 heavy (non-hydrogen) atoms. The van der Waals surface area contributed by atoms with Gasteiger partial charge < -0.3 is 10.0 Å². The first-order valence-electron chi connectivity index (χ1n) is 6.13. The van der Waals surface area contributed by atoms with E-state index in [0.29, 0.717) is 5.92 Å². The van der Waals surface area contributed by atoms with Crippen LogP contribution in [0.15, 0.2) is 0 Å². The van der Waals surface area contributed by atoms with E-state index >= 15 is 0 Å². The van der Waals surface area contributed by atoms with Crippen molar-refractivity contribution in [1.82, 2.24) is 4.90 Å². The fraction of sp³-hybridized carbons (Fsp3) is 0.833. The van der Waals surface area contributed by atoms with Crippen LogP contribution >= 0.6 is 0 Å². The lowest BCUT2D eigenvalue weighted by atomic mass is 9.96. The molecule has 92 valence electrons. The lowest BCUT2D eigenvalue weighted by Gasteiger charge is -2.19. The van der Waals surface area contributed by atoms with Gasteiger partial charge in [-0.2, -0.15) is 0 Å². The monoisotopic (exact) mass is 227 g/mol. The van der Waals surface area contributed by atoms with Crippen LogP contribution in [0.25, 0.3) is 0 Å². The standard InChI is InChI=1S/C12H21NO3/c1-2-4-10-5-3-7-13(8-6-10)11(14)9-12(15)16/h10H,2-9H2,1H3,(H,15,16). The maximum Gasteiger partial charge on any atom is 0.312 e. The van der Waals surface area contributed by atoms with E-state index < -0.39 is 5.97 Å². The zero-order chi connectivity index (χ0) is 12.0. The van der Waals surface area contributed by atoms with Crippen LogP contribution in [-0.4, -0.2) is 35.0 Å². The number of rotatable bonds is 4. The molecule has 1 saturated heterocycles. The van der Waals surface area contributed by atoms with Crippen LogP contribution in [0.3, 0.4) is 0 Å². The normalized spacial score (nSPS) is 21.6. The maximum atomic E-state index is 11.6. The van der Waals surface area contributed by atoms with Crippen molar-refractivity contribution in [3.8, 4) is 0 Å². The molecule has 4 nitrogen and oxygen atoms in total. The van der Waals surface area contributed by atoms with Crippen molar-refractivity contribution in [1.29, 1.82) is 0 Å². The summed E-state index contributed by atoms with van der Waals surface area (Å²) >= 11 is 0. The molecular weight excluding hydrogens is 206 g/mol. The van der Waals surface area contributed by atoms with Gasteiger partial charge in [-0.3, -0.25) is 9.59 Å². The van der Waals surface area contributed by atoms with Crippen LogP contribution in [0.2, 0.25) is 0 Å². The Balaban J connectivity index is 2.40. The highest BCUT2D eigenvalue weighted by Gasteiger charge is 2.21. The lowest BCUT2D eigenvalue weighted by molar-refractivity contribution is -0.144. The van der Waals surface area contributed by atoms with Gasteiger partial charge in [0.1, 0.15) is 6.42 Å². The predicted molar refractivity (Wildman–Crippen MR) is 61.1 cm³/mol. The predicted octanol–water partition coefficient (Wildman–Crippen LogP) is 1.89. The number of amides is 1. The van der Waals surface area contributed by atoms with E-state index in [1.54, 1.807) is 4.90 Å². The van der Waals surface area contributed by atoms with Gasteiger partial charge in [-0.15, -0.1) is 0 Å². The van der Waals surface area contributed by atoms with Gasteiger partial charge in [-0.25, -0.2) is 0 Å². The van der Waals surface area contributed by atoms with Crippen LogP contribution in [0.5, 0.6) is 0 Å². The Morgan fingerprint density at radius 3 is 2.69 bits per heavy atom. The number of nitrogens with zero attached hydrogens (tertiary/aromatic N) is 1. The summed E-state index contributed by atoms with van der Waals surface area (Å²) in [5.41, 5.74) is 0. The molecule has 4 heteroatoms. The minimum absolute atomic E-state index is 0.232. The number of carbonyl (C=O) groups is 2. The average Bonchev–Trinajstić information content (AvgIpc) is 2.43. The van der Waals surface area contributed by atoms with Crippen molar-refractivity contribution in [2.45, 2.75) is 45.4 Å². The summed E-state index contributed by atoms with van der Waals surface area (Å²) in [5, 5.41) is 8.57. The van der Waals surface area contributed by atoms with E-state index in [2.05, 4.69) is 6.92 Å². The lowest BCUT2D eigenvalue weighted by Crippen LogP contribution is -2.33. The Morgan fingerprint density at radius 1 is 1.31 bits per heavy atom. The Bertz CT molecular complexity index is 253. The maximum absolute atomic E-state index is 11.6. The molecule has 0 saturated carbocycles. The van der Waals surface area contributed by atoms with Gasteiger partial charge in [0, 0.05) is 13.1 Å². The van der Waals surface area contributed by atoms with Crippen molar-refractivity contribution >= 4 is 11.9 Å². The third-order valence-electron chi connectivity index (χ3n) is 3.20. The molecule has 1 amide bonds. The zero-order valence-corrected chi connectivity index (χ0v) is 9.95. The molecule has 0 aromatic carbocycles. The summed E-state index contributed by atoms with van der Waals surface area (Å²) in [6.45, 7) is 3.64. The van der Waals surface area contributed by atoms with Crippen molar-refractivity contribution in [2.24, 2.45) is 5.92 Å². The highest BCUT2D eigenvalue weighted by Crippen LogP contribution is 2.22. The van der Waals surface area contributed by atoms with Gasteiger partial charge in [0.25, 0.3) is 0 Å². The van der Waals surface area contributed by atoms with E-state index in [1.165, 1.54) is 19.3 Å². The number of aliphatic carboxylic acids is 1. The van der Waals surface area contributed by atoms with Crippen LogP contribution in [0.4, 0.5) is 0 Å². The van der Waals surface area contributed by atoms with E-state index in [1.807, 2.05) is 0 Å².